The molecule has 0 aromatic carbocycles. The van der Waals surface area contributed by atoms with Gasteiger partial charge in [-0.25, -0.2) is 17.9 Å². The molecular weight excluding hydrogens is 250 g/mol. The highest BCUT2D eigenvalue weighted by molar-refractivity contribution is 7.89. The highest BCUT2D eigenvalue weighted by Crippen LogP contribution is 2.17. The summed E-state index contributed by atoms with van der Waals surface area (Å²) in [6.07, 6.45) is 0. The fourth-order valence-electron chi connectivity index (χ4n) is 1.25. The third kappa shape index (κ3) is 2.81. The van der Waals surface area contributed by atoms with Gasteiger partial charge >= 0.3 is 5.97 Å². The van der Waals surface area contributed by atoms with Crippen molar-refractivity contribution >= 4 is 16.0 Å². The zero-order valence-corrected chi connectivity index (χ0v) is 10.1. The summed E-state index contributed by atoms with van der Waals surface area (Å²) < 4.78 is 25.9. The Labute approximate surface area is 97.7 Å². The van der Waals surface area contributed by atoms with Crippen LogP contribution in [0.2, 0.25) is 0 Å². The summed E-state index contributed by atoms with van der Waals surface area (Å²) in [5.74, 6) is -1.44. The molecule has 0 saturated heterocycles. The van der Waals surface area contributed by atoms with Crippen LogP contribution in [-0.4, -0.2) is 47.4 Å². The number of nitrogens with zero attached hydrogens (tertiary/aromatic N) is 1. The van der Waals surface area contributed by atoms with Crippen LogP contribution in [-0.2, 0) is 10.0 Å². The van der Waals surface area contributed by atoms with Crippen molar-refractivity contribution < 1.29 is 23.4 Å². The van der Waals surface area contributed by atoms with Gasteiger partial charge in [0.05, 0.1) is 12.3 Å². The molecule has 0 amide bonds. The molecule has 1 aromatic rings. The average Bonchev–Trinajstić information content (AvgIpc) is 2.60. The van der Waals surface area contributed by atoms with Crippen LogP contribution in [0.3, 0.4) is 0 Å². The molecule has 0 aliphatic carbocycles. The van der Waals surface area contributed by atoms with Gasteiger partial charge in [-0.05, 0) is 13.8 Å². The average molecular weight is 263 g/mol. The number of aromatic carboxylic acids is 1. The molecule has 1 rings (SSSR count). The summed E-state index contributed by atoms with van der Waals surface area (Å²) in [4.78, 5) is 10.4. The van der Waals surface area contributed by atoms with Gasteiger partial charge in [-0.3, -0.25) is 5.10 Å². The maximum Gasteiger partial charge on any atom is 0.357 e. The van der Waals surface area contributed by atoms with Gasteiger partial charge in [0.25, 0.3) is 0 Å². The van der Waals surface area contributed by atoms with E-state index in [1.165, 1.54) is 13.8 Å². The molecule has 0 saturated carbocycles. The van der Waals surface area contributed by atoms with E-state index in [2.05, 4.69) is 14.9 Å². The summed E-state index contributed by atoms with van der Waals surface area (Å²) in [6, 6.07) is -0.712. The Morgan fingerprint density at radius 2 is 2.18 bits per heavy atom. The molecule has 0 fully saturated rings. The number of carboxylic acids is 1. The Hall–Kier alpha value is -1.45. The van der Waals surface area contributed by atoms with Gasteiger partial charge in [-0.2, -0.15) is 5.10 Å². The number of H-pyrrole nitrogens is 1. The van der Waals surface area contributed by atoms with Crippen molar-refractivity contribution in [3.63, 3.8) is 0 Å². The summed E-state index contributed by atoms with van der Waals surface area (Å²) in [7, 11) is -4.02. The number of carbonyl (C=O) groups is 1. The Bertz CT molecular complexity index is 521. The number of rotatable bonds is 5. The van der Waals surface area contributed by atoms with E-state index in [9.17, 15) is 13.2 Å². The van der Waals surface area contributed by atoms with E-state index in [0.29, 0.717) is 0 Å². The van der Waals surface area contributed by atoms with Gasteiger partial charge in [0.1, 0.15) is 4.90 Å². The SMILES string of the molecule is Cc1[nH]nc(C(=O)O)c1S(=O)(=O)NC(C)CO. The lowest BCUT2D eigenvalue weighted by Crippen LogP contribution is -2.35. The molecule has 1 heterocycles. The van der Waals surface area contributed by atoms with Crippen molar-refractivity contribution in [2.75, 3.05) is 6.61 Å². The third-order valence-corrected chi connectivity index (χ3v) is 3.74. The van der Waals surface area contributed by atoms with Gasteiger partial charge in [-0.1, -0.05) is 0 Å². The topological polar surface area (TPSA) is 132 Å². The number of aromatic nitrogens is 2. The Morgan fingerprint density at radius 3 is 2.65 bits per heavy atom. The molecule has 1 unspecified atom stereocenters. The Morgan fingerprint density at radius 1 is 1.59 bits per heavy atom. The molecule has 0 bridgehead atoms. The molecule has 0 spiro atoms. The molecule has 0 aliphatic heterocycles. The van der Waals surface area contributed by atoms with Crippen LogP contribution in [0, 0.1) is 6.92 Å². The van der Waals surface area contributed by atoms with Gasteiger partial charge in [0.15, 0.2) is 5.69 Å². The van der Waals surface area contributed by atoms with Crippen molar-refractivity contribution in [1.29, 1.82) is 0 Å². The van der Waals surface area contributed by atoms with Crippen LogP contribution in [0.1, 0.15) is 23.1 Å². The standard InChI is InChI=1S/C8H13N3O5S/c1-4(3-12)11-17(15,16)7-5(2)9-10-6(7)8(13)14/h4,11-12H,3H2,1-2H3,(H,9,10)(H,13,14). The minimum absolute atomic E-state index is 0.125. The number of aliphatic hydroxyl groups excluding tert-OH is 1. The van der Waals surface area contributed by atoms with E-state index in [4.69, 9.17) is 10.2 Å². The largest absolute Gasteiger partial charge is 0.476 e. The number of aryl methyl sites for hydroxylation is 1. The van der Waals surface area contributed by atoms with E-state index in [-0.39, 0.29) is 5.69 Å². The Balaban J connectivity index is 3.23. The third-order valence-electron chi connectivity index (χ3n) is 1.99. The molecule has 1 atom stereocenters. The molecule has 0 radical (unpaired) electrons. The quantitative estimate of drug-likeness (QED) is 0.543. The number of aliphatic hydroxyl groups is 1. The van der Waals surface area contributed by atoms with Gasteiger partial charge in [0, 0.05) is 6.04 Å². The molecule has 8 nitrogen and oxygen atoms in total. The molecule has 9 heteroatoms. The van der Waals surface area contributed by atoms with Gasteiger partial charge < -0.3 is 10.2 Å². The number of hydrogen-bond donors (Lipinski definition) is 4. The maximum atomic E-state index is 11.9. The van der Waals surface area contributed by atoms with E-state index in [1.807, 2.05) is 0 Å². The second-order valence-electron chi connectivity index (χ2n) is 3.54. The van der Waals surface area contributed by atoms with Crippen LogP contribution in [0.25, 0.3) is 0 Å². The van der Waals surface area contributed by atoms with Crippen LogP contribution in [0.15, 0.2) is 4.90 Å². The molecule has 17 heavy (non-hydrogen) atoms. The van der Waals surface area contributed by atoms with Crippen molar-refractivity contribution in [3.8, 4) is 0 Å². The fraction of sp³-hybridized carbons (Fsp3) is 0.500. The lowest BCUT2D eigenvalue weighted by molar-refractivity contribution is 0.0686. The first-order chi connectivity index (χ1) is 7.79. The highest BCUT2D eigenvalue weighted by atomic mass is 32.2. The first-order valence-corrected chi connectivity index (χ1v) is 6.19. The number of hydrogen-bond acceptors (Lipinski definition) is 5. The van der Waals surface area contributed by atoms with E-state index < -0.39 is 39.2 Å². The first kappa shape index (κ1) is 13.6. The van der Waals surface area contributed by atoms with Crippen LogP contribution in [0.4, 0.5) is 0 Å². The van der Waals surface area contributed by atoms with Crippen molar-refractivity contribution in [2.45, 2.75) is 24.8 Å². The number of nitrogens with one attached hydrogen (secondary N) is 2. The smallest absolute Gasteiger partial charge is 0.357 e. The summed E-state index contributed by atoms with van der Waals surface area (Å²) in [5, 5.41) is 23.3. The monoisotopic (exact) mass is 263 g/mol. The zero-order valence-electron chi connectivity index (χ0n) is 9.26. The van der Waals surface area contributed by atoms with Crippen LogP contribution in [0.5, 0.6) is 0 Å². The first-order valence-electron chi connectivity index (χ1n) is 4.71. The molecule has 1 aromatic heterocycles. The van der Waals surface area contributed by atoms with Crippen molar-refractivity contribution in [3.05, 3.63) is 11.4 Å². The fourth-order valence-corrected chi connectivity index (χ4v) is 2.81. The Kier molecular flexibility index (Phi) is 3.86. The lowest BCUT2D eigenvalue weighted by atomic mass is 10.4. The maximum absolute atomic E-state index is 11.9. The van der Waals surface area contributed by atoms with E-state index in [0.717, 1.165) is 0 Å². The van der Waals surface area contributed by atoms with Crippen molar-refractivity contribution in [2.24, 2.45) is 0 Å². The summed E-state index contributed by atoms with van der Waals surface area (Å²) >= 11 is 0. The second-order valence-corrected chi connectivity index (χ2v) is 5.19. The highest BCUT2D eigenvalue weighted by Gasteiger charge is 2.29. The summed E-state index contributed by atoms with van der Waals surface area (Å²) in [6.45, 7) is 2.46. The van der Waals surface area contributed by atoms with Crippen LogP contribution < -0.4 is 4.72 Å². The number of aromatic amines is 1. The molecule has 4 N–H and O–H groups in total. The van der Waals surface area contributed by atoms with E-state index in [1.54, 1.807) is 0 Å². The molecular formula is C8H13N3O5S. The molecule has 0 aliphatic rings. The van der Waals surface area contributed by atoms with Gasteiger partial charge in [-0.15, -0.1) is 0 Å². The van der Waals surface area contributed by atoms with Crippen molar-refractivity contribution in [1.82, 2.24) is 14.9 Å². The summed E-state index contributed by atoms with van der Waals surface area (Å²) in [5.41, 5.74) is -0.444. The lowest BCUT2D eigenvalue weighted by Gasteiger charge is -2.11. The zero-order chi connectivity index (χ0) is 13.2. The van der Waals surface area contributed by atoms with Crippen LogP contribution >= 0.6 is 0 Å². The molecule has 96 valence electrons. The normalized spacial score (nSPS) is 13.6. The second kappa shape index (κ2) is 4.82. The predicted molar refractivity (Wildman–Crippen MR) is 57.2 cm³/mol. The van der Waals surface area contributed by atoms with E-state index >= 15 is 0 Å². The minimum atomic E-state index is -4.02. The predicted octanol–water partition coefficient (Wildman–Crippen LogP) is -0.925. The van der Waals surface area contributed by atoms with Gasteiger partial charge in [0.2, 0.25) is 10.0 Å². The minimum Gasteiger partial charge on any atom is -0.476 e. The number of sulfonamides is 1. The number of carboxylic acid groups (broad SMARTS) is 1.